The summed E-state index contributed by atoms with van der Waals surface area (Å²) in [7, 11) is 2.41. The van der Waals surface area contributed by atoms with Crippen molar-refractivity contribution in [3.63, 3.8) is 0 Å². The number of esters is 2. The van der Waals surface area contributed by atoms with Crippen molar-refractivity contribution in [2.45, 2.75) is 59.4 Å². The van der Waals surface area contributed by atoms with E-state index in [0.717, 1.165) is 5.56 Å². The lowest BCUT2D eigenvalue weighted by molar-refractivity contribution is -0.626. The van der Waals surface area contributed by atoms with Crippen molar-refractivity contribution >= 4 is 23.4 Å². The first-order chi connectivity index (χ1) is 15.3. The summed E-state index contributed by atoms with van der Waals surface area (Å²) >= 11 is 0. The minimum atomic E-state index is -1.63. The average Bonchev–Trinajstić information content (AvgIpc) is 2.91. The van der Waals surface area contributed by atoms with Crippen LogP contribution in [0.2, 0.25) is 0 Å². The van der Waals surface area contributed by atoms with E-state index in [1.807, 2.05) is 18.2 Å². The molecule has 8 heteroatoms. The van der Waals surface area contributed by atoms with Gasteiger partial charge in [-0.3, -0.25) is 15.0 Å². The van der Waals surface area contributed by atoms with Crippen molar-refractivity contribution in [2.75, 3.05) is 20.8 Å². The number of methoxy groups -OCH3 is 2. The van der Waals surface area contributed by atoms with E-state index < -0.39 is 28.7 Å². The molecule has 1 aromatic rings. The van der Waals surface area contributed by atoms with Crippen LogP contribution in [0.25, 0.3) is 5.57 Å². The second kappa shape index (κ2) is 8.06. The van der Waals surface area contributed by atoms with Crippen LogP contribution >= 0.6 is 0 Å². The predicted octanol–water partition coefficient (Wildman–Crippen LogP) is 4.02. The number of hydrogen-bond donors (Lipinski definition) is 1. The minimum Gasteiger partial charge on any atom is -0.468 e. The molecule has 2 atom stereocenters. The van der Waals surface area contributed by atoms with Gasteiger partial charge in [0, 0.05) is 28.4 Å². The molecule has 2 fully saturated rings. The van der Waals surface area contributed by atoms with Gasteiger partial charge in [0.05, 0.1) is 20.8 Å². The van der Waals surface area contributed by atoms with Crippen molar-refractivity contribution in [2.24, 2.45) is 16.2 Å². The number of fused-ring (bicyclic) bond motifs is 1. The molecule has 0 spiro atoms. The summed E-state index contributed by atoms with van der Waals surface area (Å²) < 4.78 is 16.0. The normalized spacial score (nSPS) is 25.9. The fourth-order valence-electron chi connectivity index (χ4n) is 5.40. The topological polar surface area (TPSA) is 104 Å². The number of benzene rings is 1. The van der Waals surface area contributed by atoms with Gasteiger partial charge in [-0.1, -0.05) is 52.8 Å². The molecule has 0 bridgehead atoms. The van der Waals surface area contributed by atoms with Gasteiger partial charge in [-0.2, -0.15) is 4.89 Å². The van der Waals surface area contributed by atoms with Gasteiger partial charge < -0.3 is 14.2 Å². The number of hydrogen-bond acceptors (Lipinski definition) is 8. The van der Waals surface area contributed by atoms with Crippen LogP contribution in [0.5, 0.6) is 0 Å². The summed E-state index contributed by atoms with van der Waals surface area (Å²) in [5, 5.41) is 7.88. The molecule has 2 saturated heterocycles. The molecule has 33 heavy (non-hydrogen) atoms. The number of ether oxygens (including phenoxy) is 3. The maximum atomic E-state index is 12.4. The summed E-state index contributed by atoms with van der Waals surface area (Å²) in [6, 6.07) is 7.31. The molecule has 0 saturated carbocycles. The Bertz CT molecular complexity index is 1000. The first-order valence-electron chi connectivity index (χ1n) is 10.8. The summed E-state index contributed by atoms with van der Waals surface area (Å²) in [5.74, 6) is -0.247. The Hall–Kier alpha value is -2.51. The molecule has 1 aromatic carbocycles. The molecule has 0 amide bonds. The smallest absolute Gasteiger partial charge is 0.323 e. The van der Waals surface area contributed by atoms with Gasteiger partial charge in [0.25, 0.3) is 5.79 Å². The maximum Gasteiger partial charge on any atom is 0.323 e. The molecular weight excluding hydrogens is 426 g/mol. The lowest BCUT2D eigenvalue weighted by atomic mass is 9.57. The molecule has 3 rings (SSSR count). The molecule has 2 heterocycles. The van der Waals surface area contributed by atoms with Gasteiger partial charge in [-0.05, 0) is 24.4 Å². The lowest BCUT2D eigenvalue weighted by Crippen LogP contribution is -2.73. The maximum absolute atomic E-state index is 12.4. The van der Waals surface area contributed by atoms with Crippen LogP contribution < -0.4 is 0 Å². The monoisotopic (exact) mass is 459 g/mol. The van der Waals surface area contributed by atoms with Crippen LogP contribution in [0.4, 0.5) is 0 Å². The fourth-order valence-corrected chi connectivity index (χ4v) is 5.40. The largest absolute Gasteiger partial charge is 0.468 e. The van der Waals surface area contributed by atoms with Gasteiger partial charge in [0.15, 0.2) is 11.0 Å². The molecule has 1 N–H and O–H groups in total. The van der Waals surface area contributed by atoms with Gasteiger partial charge in [-0.25, -0.2) is 4.89 Å². The first-order valence-corrected chi connectivity index (χ1v) is 10.8. The summed E-state index contributed by atoms with van der Waals surface area (Å²) in [6.07, 6.45) is -0.125. The molecule has 0 radical (unpaired) electrons. The highest BCUT2D eigenvalue weighted by atomic mass is 17.3. The third kappa shape index (κ3) is 3.36. The fraction of sp³-hybridized carbons (Fsp3) is 0.600. The van der Waals surface area contributed by atoms with E-state index in [1.165, 1.54) is 21.1 Å². The van der Waals surface area contributed by atoms with E-state index in [9.17, 15) is 9.59 Å². The van der Waals surface area contributed by atoms with Gasteiger partial charge in [-0.15, -0.1) is 0 Å². The van der Waals surface area contributed by atoms with Crippen molar-refractivity contribution in [1.29, 1.82) is 5.41 Å². The van der Waals surface area contributed by atoms with E-state index in [0.29, 0.717) is 17.7 Å². The van der Waals surface area contributed by atoms with Crippen molar-refractivity contribution in [1.82, 2.24) is 0 Å². The van der Waals surface area contributed by atoms with Crippen LogP contribution in [0.15, 0.2) is 24.3 Å². The van der Waals surface area contributed by atoms with Crippen LogP contribution in [-0.2, 0) is 39.4 Å². The number of rotatable bonds is 6. The zero-order valence-corrected chi connectivity index (χ0v) is 20.6. The highest BCUT2D eigenvalue weighted by Gasteiger charge is 2.81. The Morgan fingerprint density at radius 2 is 1.70 bits per heavy atom. The van der Waals surface area contributed by atoms with E-state index in [1.54, 1.807) is 6.07 Å². The molecule has 2 aliphatic rings. The molecule has 0 aromatic heterocycles. The zero-order valence-electron chi connectivity index (χ0n) is 20.6. The summed E-state index contributed by atoms with van der Waals surface area (Å²) in [4.78, 5) is 36.5. The van der Waals surface area contributed by atoms with Crippen LogP contribution in [0, 0.1) is 21.7 Å². The first kappa shape index (κ1) is 25.1. The highest BCUT2D eigenvalue weighted by Crippen LogP contribution is 2.69. The molecule has 0 aliphatic carbocycles. The Labute approximate surface area is 194 Å². The molecule has 2 aliphatic heterocycles. The summed E-state index contributed by atoms with van der Waals surface area (Å²) in [6.45, 7) is 12.3. The predicted molar refractivity (Wildman–Crippen MR) is 120 cm³/mol. The van der Waals surface area contributed by atoms with Gasteiger partial charge in [0.2, 0.25) is 0 Å². The molecule has 8 nitrogen and oxygen atoms in total. The quantitative estimate of drug-likeness (QED) is 0.297. The number of carbonyl (C=O) groups excluding carboxylic acids is 2. The molecular formula is C25H33NO7. The number of carbonyl (C=O) groups is 2. The number of nitrogens with one attached hydrogen (secondary N) is 1. The summed E-state index contributed by atoms with van der Waals surface area (Å²) in [5.41, 5.74) is -1.39. The lowest BCUT2D eigenvalue weighted by Gasteiger charge is -2.61. The van der Waals surface area contributed by atoms with E-state index in [2.05, 4.69) is 40.5 Å². The van der Waals surface area contributed by atoms with E-state index in [4.69, 9.17) is 29.4 Å². The van der Waals surface area contributed by atoms with Crippen LogP contribution in [0.3, 0.4) is 0 Å². The Morgan fingerprint density at radius 1 is 1.09 bits per heavy atom. The average molecular weight is 460 g/mol. The number of allylic oxidation sites excluding steroid dienone is 1. The standard InChI is InChI=1S/C25H33NO7/c1-21(2,3)25-22(4,5)15-31-24(25,32-33-25)18-11-9-10-16(12-18)17(14-26)13-23(6,19(27)29-7)20(28)30-8/h9-12,26H,13,15H2,1-8H3. The van der Waals surface area contributed by atoms with Crippen molar-refractivity contribution in [3.05, 3.63) is 35.4 Å². The molecule has 180 valence electrons. The van der Waals surface area contributed by atoms with Crippen LogP contribution in [-0.4, -0.2) is 44.2 Å². The van der Waals surface area contributed by atoms with E-state index >= 15 is 0 Å². The van der Waals surface area contributed by atoms with E-state index in [-0.39, 0.29) is 17.3 Å². The SMILES string of the molecule is COC(=O)C(C)(CC(=C=N)c1cccc(C23OCC(C)(C)C2(C(C)(C)C)OO3)c1)C(=O)OC. The zero-order chi connectivity index (χ0) is 24.9. The Kier molecular flexibility index (Phi) is 6.14. The van der Waals surface area contributed by atoms with Crippen molar-refractivity contribution < 1.29 is 33.6 Å². The molecule has 2 unspecified atom stereocenters. The van der Waals surface area contributed by atoms with Crippen LogP contribution in [0.1, 0.15) is 59.1 Å². The second-order valence-electron chi connectivity index (χ2n) is 10.6. The third-order valence-corrected chi connectivity index (χ3v) is 6.94. The third-order valence-electron chi connectivity index (χ3n) is 6.94. The Balaban J connectivity index is 2.06. The highest BCUT2D eigenvalue weighted by molar-refractivity contribution is 6.03. The second-order valence-corrected chi connectivity index (χ2v) is 10.6. The Morgan fingerprint density at radius 3 is 2.15 bits per heavy atom. The van der Waals surface area contributed by atoms with Crippen molar-refractivity contribution in [3.8, 4) is 0 Å². The van der Waals surface area contributed by atoms with Gasteiger partial charge in [0.1, 0.15) is 0 Å². The van der Waals surface area contributed by atoms with Gasteiger partial charge >= 0.3 is 11.9 Å². The minimum absolute atomic E-state index is 0.125.